The van der Waals surface area contributed by atoms with Gasteiger partial charge in [-0.05, 0) is 37.4 Å². The summed E-state index contributed by atoms with van der Waals surface area (Å²) in [7, 11) is 0. The summed E-state index contributed by atoms with van der Waals surface area (Å²) in [5, 5.41) is 0. The van der Waals surface area contributed by atoms with Gasteiger partial charge in [0.25, 0.3) is 0 Å². The van der Waals surface area contributed by atoms with E-state index in [1.54, 1.807) is 6.08 Å². The Kier molecular flexibility index (Phi) is 6.00. The second-order valence-electron chi connectivity index (χ2n) is 3.59. The molecule has 0 saturated heterocycles. The lowest BCUT2D eigenvalue weighted by Crippen LogP contribution is -2.01. The Labute approximate surface area is 106 Å². The van der Waals surface area contributed by atoms with E-state index < -0.39 is 6.80 Å². The monoisotopic (exact) mass is 272 g/mol. The third-order valence-electron chi connectivity index (χ3n) is 1.65. The zero-order valence-electron chi connectivity index (χ0n) is 10.0. The number of rotatable bonds is 7. The van der Waals surface area contributed by atoms with Gasteiger partial charge in [-0.2, -0.15) is 0 Å². The van der Waals surface area contributed by atoms with E-state index >= 15 is 0 Å². The maximum atomic E-state index is 12.4. The first kappa shape index (κ1) is 14.5. The normalized spacial score (nSPS) is 14.5. The molecule has 0 fully saturated rings. The lowest BCUT2D eigenvalue weighted by atomic mass is 10.4. The Hall–Kier alpha value is -0.540. The summed E-state index contributed by atoms with van der Waals surface area (Å²) < 4.78 is 23.1. The zero-order chi connectivity index (χ0) is 12.7. The molecule has 0 bridgehead atoms. The molecule has 0 aliphatic rings. The van der Waals surface area contributed by atoms with Crippen molar-refractivity contribution in [3.05, 3.63) is 43.0 Å². The van der Waals surface area contributed by atoms with Crippen molar-refractivity contribution in [3.8, 4) is 0 Å². The van der Waals surface area contributed by atoms with Crippen molar-refractivity contribution in [3.63, 3.8) is 0 Å². The highest BCUT2D eigenvalue weighted by Gasteiger charge is 2.27. The molecule has 0 N–H and O–H groups in total. The van der Waals surface area contributed by atoms with Crippen LogP contribution in [0.15, 0.2) is 47.9 Å². The predicted octanol–water partition coefficient (Wildman–Crippen LogP) is 4.51. The van der Waals surface area contributed by atoms with E-state index in [0.29, 0.717) is 0 Å². The van der Waals surface area contributed by atoms with Crippen LogP contribution in [-0.2, 0) is 13.6 Å². The van der Waals surface area contributed by atoms with Gasteiger partial charge in [0.2, 0.25) is 0 Å². The molecule has 1 unspecified atom stereocenters. The van der Waals surface area contributed by atoms with Crippen LogP contribution in [-0.4, -0.2) is 12.7 Å². The largest absolute Gasteiger partial charge is 0.394 e. The maximum Gasteiger partial charge on any atom is 0.394 e. The molecule has 1 atom stereocenters. The first-order chi connectivity index (χ1) is 8.06. The summed E-state index contributed by atoms with van der Waals surface area (Å²) in [6.45, 7) is 4.24. The third kappa shape index (κ3) is 5.55. The second kappa shape index (κ2) is 7.02. The van der Waals surface area contributed by atoms with Crippen LogP contribution >= 0.6 is 18.2 Å². The van der Waals surface area contributed by atoms with Gasteiger partial charge in [-0.1, -0.05) is 24.3 Å². The van der Waals surface area contributed by atoms with Crippen LogP contribution in [0.25, 0.3) is 0 Å². The van der Waals surface area contributed by atoms with Gasteiger partial charge in [-0.25, -0.2) is 4.57 Å². The fourth-order valence-electron chi connectivity index (χ4n) is 1.09. The van der Waals surface area contributed by atoms with Gasteiger partial charge in [0.1, 0.15) is 0 Å². The van der Waals surface area contributed by atoms with Gasteiger partial charge in [0.05, 0.1) is 12.7 Å². The molecule has 0 saturated carbocycles. The Balaban J connectivity index is 2.76. The molecule has 1 rings (SSSR count). The molecule has 0 aliphatic carbocycles. The number of hydrogen-bond donors (Lipinski definition) is 0. The summed E-state index contributed by atoms with van der Waals surface area (Å²) >= 11 is 1.12. The quantitative estimate of drug-likeness (QED) is 0.540. The predicted molar refractivity (Wildman–Crippen MR) is 72.3 cm³/mol. The molecular weight excluding hydrogens is 255 g/mol. The van der Waals surface area contributed by atoms with Crippen LogP contribution in [0.2, 0.25) is 0 Å². The SMILES string of the molecule is C=CCOP(=O)(OC(C)C)Sc1ccccc1. The Morgan fingerprint density at radius 2 is 2.06 bits per heavy atom. The minimum absolute atomic E-state index is 0.151. The van der Waals surface area contributed by atoms with E-state index in [4.69, 9.17) is 9.05 Å². The van der Waals surface area contributed by atoms with Gasteiger partial charge in [0, 0.05) is 4.90 Å². The maximum absolute atomic E-state index is 12.4. The van der Waals surface area contributed by atoms with Crippen LogP contribution in [0.1, 0.15) is 13.8 Å². The molecule has 1 aromatic rings. The summed E-state index contributed by atoms with van der Waals surface area (Å²) in [6, 6.07) is 9.42. The van der Waals surface area contributed by atoms with Crippen LogP contribution in [0.5, 0.6) is 0 Å². The molecule has 1 aromatic carbocycles. The molecule has 0 heterocycles. The summed E-state index contributed by atoms with van der Waals surface area (Å²) in [5.41, 5.74) is 0. The molecule has 0 aliphatic heterocycles. The van der Waals surface area contributed by atoms with Gasteiger partial charge in [-0.3, -0.25) is 9.05 Å². The molecule has 0 amide bonds. The Morgan fingerprint density at radius 1 is 1.41 bits per heavy atom. The third-order valence-corrected chi connectivity index (χ3v) is 5.38. The zero-order valence-corrected chi connectivity index (χ0v) is 11.7. The van der Waals surface area contributed by atoms with Crippen molar-refractivity contribution in [2.45, 2.75) is 24.8 Å². The molecule has 3 nitrogen and oxygen atoms in total. The van der Waals surface area contributed by atoms with E-state index in [-0.39, 0.29) is 12.7 Å². The van der Waals surface area contributed by atoms with Crippen molar-refractivity contribution in [1.29, 1.82) is 0 Å². The van der Waals surface area contributed by atoms with Gasteiger partial charge < -0.3 is 0 Å². The van der Waals surface area contributed by atoms with E-state index in [0.717, 1.165) is 16.3 Å². The van der Waals surface area contributed by atoms with Crippen molar-refractivity contribution < 1.29 is 13.6 Å². The summed E-state index contributed by atoms with van der Waals surface area (Å²) in [4.78, 5) is 0.862. The molecule has 0 radical (unpaired) electrons. The van der Waals surface area contributed by atoms with E-state index in [2.05, 4.69) is 6.58 Å². The highest BCUT2D eigenvalue weighted by Crippen LogP contribution is 2.64. The van der Waals surface area contributed by atoms with Crippen molar-refractivity contribution in [1.82, 2.24) is 0 Å². The fourth-order valence-corrected chi connectivity index (χ4v) is 4.71. The number of hydrogen-bond acceptors (Lipinski definition) is 4. The molecule has 17 heavy (non-hydrogen) atoms. The van der Waals surface area contributed by atoms with Gasteiger partial charge in [0.15, 0.2) is 0 Å². The van der Waals surface area contributed by atoms with Crippen LogP contribution in [0.4, 0.5) is 0 Å². The number of benzene rings is 1. The topological polar surface area (TPSA) is 35.5 Å². The highest BCUT2D eigenvalue weighted by atomic mass is 32.7. The lowest BCUT2D eigenvalue weighted by Gasteiger charge is -2.19. The highest BCUT2D eigenvalue weighted by molar-refractivity contribution is 8.55. The average Bonchev–Trinajstić information content (AvgIpc) is 2.26. The Bertz CT molecular complexity index is 392. The molecule has 0 spiro atoms. The molecule has 0 aromatic heterocycles. The first-order valence-electron chi connectivity index (χ1n) is 5.34. The minimum Gasteiger partial charge on any atom is -0.298 e. The van der Waals surface area contributed by atoms with Gasteiger partial charge in [-0.15, -0.1) is 6.58 Å². The second-order valence-corrected chi connectivity index (χ2v) is 7.50. The smallest absolute Gasteiger partial charge is 0.298 e. The summed E-state index contributed by atoms with van der Waals surface area (Å²) in [5.74, 6) is 0. The standard InChI is InChI=1S/C12H17O3PS/c1-4-10-14-16(13,15-11(2)3)17-12-8-6-5-7-9-12/h4-9,11H,1,10H2,2-3H3. The lowest BCUT2D eigenvalue weighted by molar-refractivity contribution is 0.192. The van der Waals surface area contributed by atoms with E-state index in [1.165, 1.54) is 0 Å². The first-order valence-corrected chi connectivity index (χ1v) is 8.30. The summed E-state index contributed by atoms with van der Waals surface area (Å²) in [6.07, 6.45) is 1.41. The molecule has 94 valence electrons. The van der Waals surface area contributed by atoms with Crippen molar-refractivity contribution in [2.24, 2.45) is 0 Å². The molecular formula is C12H17O3PS. The fraction of sp³-hybridized carbons (Fsp3) is 0.333. The van der Waals surface area contributed by atoms with E-state index in [1.807, 2.05) is 44.2 Å². The van der Waals surface area contributed by atoms with Crippen LogP contribution < -0.4 is 0 Å². The van der Waals surface area contributed by atoms with E-state index in [9.17, 15) is 4.57 Å². The Morgan fingerprint density at radius 3 is 2.59 bits per heavy atom. The van der Waals surface area contributed by atoms with Crippen LogP contribution in [0.3, 0.4) is 0 Å². The van der Waals surface area contributed by atoms with Crippen molar-refractivity contribution in [2.75, 3.05) is 6.61 Å². The average molecular weight is 272 g/mol. The van der Waals surface area contributed by atoms with Crippen LogP contribution in [0, 0.1) is 0 Å². The van der Waals surface area contributed by atoms with Gasteiger partial charge >= 0.3 is 6.80 Å². The molecule has 5 heteroatoms. The minimum atomic E-state index is -3.17. The van der Waals surface area contributed by atoms with Crippen molar-refractivity contribution >= 4 is 18.2 Å².